The molecule has 1 aliphatic rings. The van der Waals surface area contributed by atoms with Gasteiger partial charge >= 0.3 is 0 Å². The molecule has 3 rings (SSSR count). The lowest BCUT2D eigenvalue weighted by molar-refractivity contribution is -0.133. The third-order valence-electron chi connectivity index (χ3n) is 3.82. The van der Waals surface area contributed by atoms with Gasteiger partial charge in [0.15, 0.2) is 11.6 Å². The van der Waals surface area contributed by atoms with Crippen LogP contribution >= 0.6 is 0 Å². The minimum absolute atomic E-state index is 0.0423. The molecule has 0 bridgehead atoms. The average Bonchev–Trinajstić information content (AvgIpc) is 3.40. The summed E-state index contributed by atoms with van der Waals surface area (Å²) < 4.78 is 18.8. The molecule has 0 aliphatic heterocycles. The van der Waals surface area contributed by atoms with Gasteiger partial charge in [-0.1, -0.05) is 12.1 Å². The Hall–Kier alpha value is -2.43. The topological polar surface area (TPSA) is 42.4 Å². The maximum absolute atomic E-state index is 13.5. The molecule has 120 valence electrons. The van der Waals surface area contributed by atoms with Crippen molar-refractivity contribution in [2.75, 3.05) is 6.61 Å². The predicted molar refractivity (Wildman–Crippen MR) is 84.3 cm³/mol. The van der Waals surface area contributed by atoms with Crippen LogP contribution in [0.3, 0.4) is 0 Å². The molecule has 1 heterocycles. The fourth-order valence-corrected chi connectivity index (χ4v) is 2.45. The summed E-state index contributed by atoms with van der Waals surface area (Å²) in [6.07, 6.45) is 5.80. The lowest BCUT2D eigenvalue weighted by Crippen LogP contribution is -2.33. The van der Waals surface area contributed by atoms with E-state index < -0.39 is 5.82 Å². The normalized spacial score (nSPS) is 13.6. The number of pyridine rings is 1. The summed E-state index contributed by atoms with van der Waals surface area (Å²) in [7, 11) is 0. The number of amides is 1. The Labute approximate surface area is 134 Å². The van der Waals surface area contributed by atoms with Crippen molar-refractivity contribution in [3.05, 3.63) is 60.2 Å². The molecule has 5 heteroatoms. The number of nitrogens with zero attached hydrogens (tertiary/aromatic N) is 2. The van der Waals surface area contributed by atoms with Crippen LogP contribution in [0, 0.1) is 5.82 Å². The van der Waals surface area contributed by atoms with Crippen molar-refractivity contribution in [3.8, 4) is 5.75 Å². The van der Waals surface area contributed by atoms with Gasteiger partial charge < -0.3 is 9.64 Å². The van der Waals surface area contributed by atoms with E-state index in [0.29, 0.717) is 12.6 Å². The zero-order valence-corrected chi connectivity index (χ0v) is 12.8. The van der Waals surface area contributed by atoms with Crippen molar-refractivity contribution in [3.63, 3.8) is 0 Å². The van der Waals surface area contributed by atoms with Gasteiger partial charge in [-0.05, 0) is 42.7 Å². The molecule has 23 heavy (non-hydrogen) atoms. The molecular formula is C18H19FN2O2. The standard InChI is InChI=1S/C18H19FN2O2/c19-16-3-1-2-4-17(16)23-12-9-18(22)21(15-5-6-15)13-14-7-10-20-11-8-14/h1-4,7-8,10-11,15H,5-6,9,12-13H2. The van der Waals surface area contributed by atoms with E-state index in [9.17, 15) is 9.18 Å². The van der Waals surface area contributed by atoms with Crippen LogP contribution in [0.2, 0.25) is 0 Å². The Bertz CT molecular complexity index is 659. The van der Waals surface area contributed by atoms with Crippen LogP contribution in [0.1, 0.15) is 24.8 Å². The van der Waals surface area contributed by atoms with Crippen LogP contribution < -0.4 is 4.74 Å². The third-order valence-corrected chi connectivity index (χ3v) is 3.82. The van der Waals surface area contributed by atoms with Crippen molar-refractivity contribution in [2.45, 2.75) is 31.8 Å². The number of hydrogen-bond acceptors (Lipinski definition) is 3. The maximum atomic E-state index is 13.5. The van der Waals surface area contributed by atoms with E-state index in [1.165, 1.54) is 6.07 Å². The molecule has 0 radical (unpaired) electrons. The van der Waals surface area contributed by atoms with Gasteiger partial charge in [-0.15, -0.1) is 0 Å². The molecule has 1 fully saturated rings. The Morgan fingerprint density at radius 2 is 1.96 bits per heavy atom. The number of ether oxygens (including phenoxy) is 1. The molecule has 0 spiro atoms. The van der Waals surface area contributed by atoms with Gasteiger partial charge in [0.25, 0.3) is 0 Å². The molecular weight excluding hydrogens is 295 g/mol. The molecule has 0 saturated heterocycles. The summed E-state index contributed by atoms with van der Waals surface area (Å²) in [5, 5.41) is 0. The van der Waals surface area contributed by atoms with E-state index in [1.54, 1.807) is 30.6 Å². The highest BCUT2D eigenvalue weighted by Gasteiger charge is 2.32. The van der Waals surface area contributed by atoms with Crippen LogP contribution in [0.4, 0.5) is 4.39 Å². The van der Waals surface area contributed by atoms with Gasteiger partial charge in [0.05, 0.1) is 13.0 Å². The monoisotopic (exact) mass is 314 g/mol. The summed E-state index contributed by atoms with van der Waals surface area (Å²) >= 11 is 0. The van der Waals surface area contributed by atoms with E-state index in [2.05, 4.69) is 4.98 Å². The zero-order valence-electron chi connectivity index (χ0n) is 12.8. The van der Waals surface area contributed by atoms with Crippen LogP contribution in [-0.4, -0.2) is 28.4 Å². The minimum atomic E-state index is -0.407. The first-order valence-corrected chi connectivity index (χ1v) is 7.80. The Balaban J connectivity index is 1.54. The van der Waals surface area contributed by atoms with Crippen molar-refractivity contribution in [1.82, 2.24) is 9.88 Å². The van der Waals surface area contributed by atoms with Gasteiger partial charge in [0.1, 0.15) is 0 Å². The van der Waals surface area contributed by atoms with E-state index in [-0.39, 0.29) is 24.7 Å². The number of para-hydroxylation sites is 1. The second kappa shape index (κ2) is 7.22. The molecule has 1 aromatic carbocycles. The molecule has 0 atom stereocenters. The SMILES string of the molecule is O=C(CCOc1ccccc1F)N(Cc1ccncc1)C1CC1. The van der Waals surface area contributed by atoms with E-state index in [1.807, 2.05) is 17.0 Å². The first kappa shape index (κ1) is 15.5. The summed E-state index contributed by atoms with van der Waals surface area (Å²) in [5.41, 5.74) is 1.07. The van der Waals surface area contributed by atoms with Crippen LogP contribution in [0.25, 0.3) is 0 Å². The second-order valence-corrected chi connectivity index (χ2v) is 5.64. The minimum Gasteiger partial charge on any atom is -0.490 e. The quantitative estimate of drug-likeness (QED) is 0.788. The van der Waals surface area contributed by atoms with Gasteiger partial charge in [0, 0.05) is 25.0 Å². The van der Waals surface area contributed by atoms with E-state index in [0.717, 1.165) is 18.4 Å². The number of rotatable bonds is 7. The van der Waals surface area contributed by atoms with Crippen LogP contribution in [0.5, 0.6) is 5.75 Å². The summed E-state index contributed by atoms with van der Waals surface area (Å²) in [6.45, 7) is 0.769. The first-order chi connectivity index (χ1) is 11.2. The molecule has 1 saturated carbocycles. The first-order valence-electron chi connectivity index (χ1n) is 7.80. The second-order valence-electron chi connectivity index (χ2n) is 5.64. The van der Waals surface area contributed by atoms with Crippen molar-refractivity contribution >= 4 is 5.91 Å². The van der Waals surface area contributed by atoms with Crippen LogP contribution in [-0.2, 0) is 11.3 Å². The van der Waals surface area contributed by atoms with Crippen LogP contribution in [0.15, 0.2) is 48.8 Å². The summed E-state index contributed by atoms with van der Waals surface area (Å²) in [6, 6.07) is 10.4. The van der Waals surface area contributed by atoms with Crippen molar-refractivity contribution in [1.29, 1.82) is 0 Å². The molecule has 0 unspecified atom stereocenters. The van der Waals surface area contributed by atoms with E-state index >= 15 is 0 Å². The Morgan fingerprint density at radius 1 is 1.22 bits per heavy atom. The molecule has 1 amide bonds. The molecule has 4 nitrogen and oxygen atoms in total. The summed E-state index contributed by atoms with van der Waals surface area (Å²) in [5.74, 6) is -0.177. The highest BCUT2D eigenvalue weighted by Crippen LogP contribution is 2.29. The zero-order chi connectivity index (χ0) is 16.1. The number of carbonyl (C=O) groups excluding carboxylic acids is 1. The van der Waals surface area contributed by atoms with Gasteiger partial charge in [0.2, 0.25) is 5.91 Å². The maximum Gasteiger partial charge on any atom is 0.226 e. The van der Waals surface area contributed by atoms with Crippen molar-refractivity contribution in [2.24, 2.45) is 0 Å². The number of hydrogen-bond donors (Lipinski definition) is 0. The number of aromatic nitrogens is 1. The van der Waals surface area contributed by atoms with Gasteiger partial charge in [-0.3, -0.25) is 9.78 Å². The average molecular weight is 314 g/mol. The smallest absolute Gasteiger partial charge is 0.226 e. The fraction of sp³-hybridized carbons (Fsp3) is 0.333. The largest absolute Gasteiger partial charge is 0.490 e. The number of halogens is 1. The molecule has 2 aromatic rings. The highest BCUT2D eigenvalue weighted by molar-refractivity contribution is 5.77. The number of benzene rings is 1. The molecule has 0 N–H and O–H groups in total. The third kappa shape index (κ3) is 4.28. The fourth-order valence-electron chi connectivity index (χ4n) is 2.45. The lowest BCUT2D eigenvalue weighted by Gasteiger charge is -2.22. The molecule has 1 aromatic heterocycles. The predicted octanol–water partition coefficient (Wildman–Crippen LogP) is 3.18. The Morgan fingerprint density at radius 3 is 2.65 bits per heavy atom. The molecule has 1 aliphatic carbocycles. The number of carbonyl (C=O) groups is 1. The lowest BCUT2D eigenvalue weighted by atomic mass is 10.2. The van der Waals surface area contributed by atoms with Crippen molar-refractivity contribution < 1.29 is 13.9 Å². The summed E-state index contributed by atoms with van der Waals surface area (Å²) in [4.78, 5) is 18.3. The highest BCUT2D eigenvalue weighted by atomic mass is 19.1. The Kier molecular flexibility index (Phi) is 4.86. The van der Waals surface area contributed by atoms with Gasteiger partial charge in [-0.25, -0.2) is 4.39 Å². The van der Waals surface area contributed by atoms with Gasteiger partial charge in [-0.2, -0.15) is 0 Å². The van der Waals surface area contributed by atoms with E-state index in [4.69, 9.17) is 4.74 Å².